The van der Waals surface area contributed by atoms with Crippen molar-refractivity contribution in [2.45, 2.75) is 45.3 Å². The van der Waals surface area contributed by atoms with E-state index in [0.717, 1.165) is 50.9 Å². The zero-order chi connectivity index (χ0) is 17.9. The van der Waals surface area contributed by atoms with Crippen LogP contribution in [0.2, 0.25) is 0 Å². The van der Waals surface area contributed by atoms with E-state index in [1.54, 1.807) is 13.3 Å². The molecule has 1 atom stereocenters. The Morgan fingerprint density at radius 2 is 2.15 bits per heavy atom. The van der Waals surface area contributed by atoms with Crippen LogP contribution in [0.25, 0.3) is 0 Å². The zero-order valence-corrected chi connectivity index (χ0v) is 15.7. The van der Waals surface area contributed by atoms with E-state index >= 15 is 0 Å². The van der Waals surface area contributed by atoms with Crippen molar-refractivity contribution in [3.8, 4) is 5.88 Å². The summed E-state index contributed by atoms with van der Waals surface area (Å²) in [5, 5.41) is 0. The maximum absolute atomic E-state index is 5.81. The van der Waals surface area contributed by atoms with Crippen LogP contribution in [-0.2, 0) is 24.4 Å². The molecule has 1 fully saturated rings. The van der Waals surface area contributed by atoms with Gasteiger partial charge < -0.3 is 14.0 Å². The SMILES string of the molecule is CCOCC1CN(Cc2cccnc2OC)Cc2ncn(CC3CC3)c21. The van der Waals surface area contributed by atoms with Crippen molar-refractivity contribution in [1.82, 2.24) is 19.4 Å². The largest absolute Gasteiger partial charge is 0.481 e. The smallest absolute Gasteiger partial charge is 0.217 e. The van der Waals surface area contributed by atoms with Crippen LogP contribution in [-0.4, -0.2) is 46.3 Å². The number of aromatic nitrogens is 3. The predicted octanol–water partition coefficient (Wildman–Crippen LogP) is 2.83. The highest BCUT2D eigenvalue weighted by Crippen LogP contribution is 2.35. The first kappa shape index (κ1) is 17.5. The molecule has 0 aromatic carbocycles. The average Bonchev–Trinajstić information content (AvgIpc) is 3.39. The highest BCUT2D eigenvalue weighted by atomic mass is 16.5. The molecule has 1 unspecified atom stereocenters. The van der Waals surface area contributed by atoms with Gasteiger partial charge in [0.15, 0.2) is 0 Å². The number of imidazole rings is 1. The van der Waals surface area contributed by atoms with Crippen LogP contribution in [0, 0.1) is 5.92 Å². The van der Waals surface area contributed by atoms with Gasteiger partial charge in [-0.15, -0.1) is 0 Å². The average molecular weight is 356 g/mol. The van der Waals surface area contributed by atoms with Crippen molar-refractivity contribution < 1.29 is 9.47 Å². The fourth-order valence-corrected chi connectivity index (χ4v) is 3.91. The number of nitrogens with zero attached hydrogens (tertiary/aromatic N) is 4. The third-order valence-corrected chi connectivity index (χ3v) is 5.31. The Kier molecular flexibility index (Phi) is 5.22. The minimum Gasteiger partial charge on any atom is -0.481 e. The van der Waals surface area contributed by atoms with Gasteiger partial charge in [0.25, 0.3) is 0 Å². The molecule has 26 heavy (non-hydrogen) atoms. The monoisotopic (exact) mass is 356 g/mol. The molecule has 2 aromatic heterocycles. The van der Waals surface area contributed by atoms with Gasteiger partial charge in [-0.1, -0.05) is 6.07 Å². The molecule has 0 radical (unpaired) electrons. The fraction of sp³-hybridized carbons (Fsp3) is 0.600. The molecule has 4 rings (SSSR count). The van der Waals surface area contributed by atoms with E-state index in [1.807, 2.05) is 12.4 Å². The Balaban J connectivity index is 1.54. The summed E-state index contributed by atoms with van der Waals surface area (Å²) in [6.45, 7) is 7.33. The fourth-order valence-electron chi connectivity index (χ4n) is 3.91. The van der Waals surface area contributed by atoms with Crippen molar-refractivity contribution in [1.29, 1.82) is 0 Å². The minimum atomic E-state index is 0.364. The lowest BCUT2D eigenvalue weighted by molar-refractivity contribution is 0.101. The Morgan fingerprint density at radius 1 is 1.27 bits per heavy atom. The second-order valence-corrected chi connectivity index (χ2v) is 7.37. The number of rotatable bonds is 8. The number of hydrogen-bond acceptors (Lipinski definition) is 5. The molecule has 140 valence electrons. The first-order valence-electron chi connectivity index (χ1n) is 9.60. The van der Waals surface area contributed by atoms with Gasteiger partial charge in [0.05, 0.1) is 25.7 Å². The maximum atomic E-state index is 5.81. The van der Waals surface area contributed by atoms with Crippen molar-refractivity contribution >= 4 is 0 Å². The van der Waals surface area contributed by atoms with Crippen LogP contribution in [0.4, 0.5) is 0 Å². The molecule has 0 spiro atoms. The van der Waals surface area contributed by atoms with E-state index in [9.17, 15) is 0 Å². The van der Waals surface area contributed by atoms with E-state index in [-0.39, 0.29) is 0 Å². The third kappa shape index (κ3) is 3.76. The summed E-state index contributed by atoms with van der Waals surface area (Å²) in [4.78, 5) is 11.5. The third-order valence-electron chi connectivity index (χ3n) is 5.31. The van der Waals surface area contributed by atoms with E-state index in [2.05, 4.69) is 27.4 Å². The van der Waals surface area contributed by atoms with Gasteiger partial charge in [0.1, 0.15) is 0 Å². The molecule has 0 bridgehead atoms. The summed E-state index contributed by atoms with van der Waals surface area (Å²) in [6, 6.07) is 4.06. The summed E-state index contributed by atoms with van der Waals surface area (Å²) in [5.41, 5.74) is 3.70. The van der Waals surface area contributed by atoms with E-state index in [4.69, 9.17) is 14.5 Å². The van der Waals surface area contributed by atoms with Gasteiger partial charge in [-0.25, -0.2) is 9.97 Å². The summed E-state index contributed by atoms with van der Waals surface area (Å²) < 4.78 is 13.6. The van der Waals surface area contributed by atoms with E-state index in [0.29, 0.717) is 11.8 Å². The summed E-state index contributed by atoms with van der Waals surface area (Å²) in [5.74, 6) is 1.92. The van der Waals surface area contributed by atoms with E-state index < -0.39 is 0 Å². The quantitative estimate of drug-likeness (QED) is 0.728. The molecule has 0 N–H and O–H groups in total. The van der Waals surface area contributed by atoms with Gasteiger partial charge in [-0.3, -0.25) is 4.90 Å². The van der Waals surface area contributed by atoms with Crippen molar-refractivity contribution in [2.75, 3.05) is 26.9 Å². The lowest BCUT2D eigenvalue weighted by atomic mass is 9.98. The zero-order valence-electron chi connectivity index (χ0n) is 15.7. The highest BCUT2D eigenvalue weighted by Gasteiger charge is 2.32. The lowest BCUT2D eigenvalue weighted by Gasteiger charge is -2.33. The molecule has 2 aliphatic rings. The van der Waals surface area contributed by atoms with Gasteiger partial charge in [-0.2, -0.15) is 0 Å². The number of fused-ring (bicyclic) bond motifs is 1. The molecule has 1 aliphatic carbocycles. The normalized spacial score (nSPS) is 20.2. The van der Waals surface area contributed by atoms with Gasteiger partial charge in [0, 0.05) is 56.2 Å². The van der Waals surface area contributed by atoms with Crippen LogP contribution in [0.3, 0.4) is 0 Å². The lowest BCUT2D eigenvalue weighted by Crippen LogP contribution is -2.36. The Bertz CT molecular complexity index is 741. The first-order valence-corrected chi connectivity index (χ1v) is 9.60. The molecule has 6 nitrogen and oxygen atoms in total. The number of pyridine rings is 1. The molecule has 1 saturated carbocycles. The Labute approximate surface area is 155 Å². The molecule has 3 heterocycles. The minimum absolute atomic E-state index is 0.364. The maximum Gasteiger partial charge on any atom is 0.217 e. The van der Waals surface area contributed by atoms with Crippen LogP contribution >= 0.6 is 0 Å². The molecular weight excluding hydrogens is 328 g/mol. The summed E-state index contributed by atoms with van der Waals surface area (Å²) >= 11 is 0. The number of ether oxygens (including phenoxy) is 2. The second kappa shape index (κ2) is 7.76. The topological polar surface area (TPSA) is 52.4 Å². The molecule has 0 saturated heterocycles. The van der Waals surface area contributed by atoms with Crippen molar-refractivity contribution in [3.05, 3.63) is 41.6 Å². The summed E-state index contributed by atoms with van der Waals surface area (Å²) in [6.07, 6.45) is 6.52. The van der Waals surface area contributed by atoms with E-state index in [1.165, 1.54) is 24.2 Å². The van der Waals surface area contributed by atoms with Gasteiger partial charge in [0.2, 0.25) is 5.88 Å². The standard InChI is InChI=1S/C20H28N4O2/c1-3-26-13-17-11-23(10-16-5-4-8-21-20(16)25-2)12-18-19(17)24(14-22-18)9-15-6-7-15/h4-5,8,14-15,17H,3,6-7,9-13H2,1-2H3. The molecule has 6 heteroatoms. The predicted molar refractivity (Wildman–Crippen MR) is 99.1 cm³/mol. The van der Waals surface area contributed by atoms with Crippen LogP contribution in [0.1, 0.15) is 42.6 Å². The van der Waals surface area contributed by atoms with Crippen LogP contribution < -0.4 is 4.74 Å². The number of hydrogen-bond donors (Lipinski definition) is 0. The molecule has 2 aromatic rings. The highest BCUT2D eigenvalue weighted by molar-refractivity contribution is 5.27. The van der Waals surface area contributed by atoms with Gasteiger partial charge in [-0.05, 0) is 31.7 Å². The van der Waals surface area contributed by atoms with Crippen molar-refractivity contribution in [3.63, 3.8) is 0 Å². The Morgan fingerprint density at radius 3 is 2.92 bits per heavy atom. The molecule has 0 amide bonds. The summed E-state index contributed by atoms with van der Waals surface area (Å²) in [7, 11) is 1.68. The number of methoxy groups -OCH3 is 1. The first-order chi connectivity index (χ1) is 12.8. The Hall–Kier alpha value is -1.92. The van der Waals surface area contributed by atoms with Crippen LogP contribution in [0.15, 0.2) is 24.7 Å². The van der Waals surface area contributed by atoms with Crippen LogP contribution in [0.5, 0.6) is 5.88 Å². The molecular formula is C20H28N4O2. The van der Waals surface area contributed by atoms with Gasteiger partial charge >= 0.3 is 0 Å². The van der Waals surface area contributed by atoms with Crippen molar-refractivity contribution in [2.24, 2.45) is 5.92 Å². The molecule has 1 aliphatic heterocycles. The second-order valence-electron chi connectivity index (χ2n) is 7.37.